The summed E-state index contributed by atoms with van der Waals surface area (Å²) in [5, 5.41) is 3.37. The van der Waals surface area contributed by atoms with Crippen LogP contribution in [0.25, 0.3) is 0 Å². The highest BCUT2D eigenvalue weighted by atomic mass is 16.6. The van der Waals surface area contributed by atoms with Crippen LogP contribution < -0.4 is 10.1 Å². The lowest BCUT2D eigenvalue weighted by molar-refractivity contribution is -0.158. The molecule has 0 atom stereocenters. The van der Waals surface area contributed by atoms with Gasteiger partial charge in [-0.25, -0.2) is 4.79 Å². The fourth-order valence-electron chi connectivity index (χ4n) is 2.13. The van der Waals surface area contributed by atoms with Crippen molar-refractivity contribution in [2.75, 3.05) is 26.9 Å². The number of carbonyl (C=O) groups excluding carboxylic acids is 1. The van der Waals surface area contributed by atoms with E-state index in [9.17, 15) is 4.79 Å². The molecule has 0 aliphatic rings. The molecular weight excluding hydrogens is 294 g/mol. The minimum atomic E-state index is -0.999. The molecule has 1 aromatic carbocycles. The molecular formula is C18H29NO4. The summed E-state index contributed by atoms with van der Waals surface area (Å²) < 4.78 is 15.9. The summed E-state index contributed by atoms with van der Waals surface area (Å²) in [5.41, 5.74) is 1.18. The van der Waals surface area contributed by atoms with Crippen LogP contribution in [0.3, 0.4) is 0 Å². The number of hydrogen-bond donors (Lipinski definition) is 1. The fraction of sp³-hybridized carbons (Fsp3) is 0.611. The molecule has 1 aromatic rings. The topological polar surface area (TPSA) is 56.8 Å². The summed E-state index contributed by atoms with van der Waals surface area (Å²) in [7, 11) is 1.71. The standard InChI is InChI=1S/C18H29NO4/c1-6-22-17(20)18(3,4)23-16-9-8-15(12-14(16)2)13-19-10-7-11-21-5/h8-9,12,19H,6-7,10-11,13H2,1-5H3. The van der Waals surface area contributed by atoms with E-state index in [0.29, 0.717) is 12.4 Å². The Morgan fingerprint density at radius 3 is 2.65 bits per heavy atom. The first-order valence-electron chi connectivity index (χ1n) is 8.06. The van der Waals surface area contributed by atoms with Crippen molar-refractivity contribution in [2.45, 2.75) is 46.3 Å². The van der Waals surface area contributed by atoms with Gasteiger partial charge in [0.15, 0.2) is 5.60 Å². The first kappa shape index (κ1) is 19.5. The minimum absolute atomic E-state index is 0.346. The molecule has 0 spiro atoms. The zero-order chi connectivity index (χ0) is 17.3. The van der Waals surface area contributed by atoms with Crippen molar-refractivity contribution >= 4 is 5.97 Å². The van der Waals surface area contributed by atoms with Gasteiger partial charge in [0.25, 0.3) is 0 Å². The van der Waals surface area contributed by atoms with Crippen LogP contribution in [0.4, 0.5) is 0 Å². The van der Waals surface area contributed by atoms with Gasteiger partial charge in [-0.3, -0.25) is 0 Å². The normalized spacial score (nSPS) is 11.3. The average Bonchev–Trinajstić information content (AvgIpc) is 2.50. The SMILES string of the molecule is CCOC(=O)C(C)(C)Oc1ccc(CNCCCOC)cc1C. The smallest absolute Gasteiger partial charge is 0.349 e. The molecule has 1 N–H and O–H groups in total. The Bertz CT molecular complexity index is 500. The number of carbonyl (C=O) groups is 1. The lowest BCUT2D eigenvalue weighted by Gasteiger charge is -2.25. The molecule has 0 saturated heterocycles. The lowest BCUT2D eigenvalue weighted by atomic mass is 10.1. The molecule has 0 heterocycles. The van der Waals surface area contributed by atoms with Crippen LogP contribution >= 0.6 is 0 Å². The Hall–Kier alpha value is -1.59. The molecule has 0 aliphatic heterocycles. The van der Waals surface area contributed by atoms with E-state index in [-0.39, 0.29) is 5.97 Å². The highest BCUT2D eigenvalue weighted by Gasteiger charge is 2.32. The van der Waals surface area contributed by atoms with Crippen molar-refractivity contribution in [1.29, 1.82) is 0 Å². The van der Waals surface area contributed by atoms with E-state index >= 15 is 0 Å². The fourth-order valence-corrected chi connectivity index (χ4v) is 2.13. The Morgan fingerprint density at radius 2 is 2.04 bits per heavy atom. The second kappa shape index (κ2) is 9.53. The van der Waals surface area contributed by atoms with E-state index in [1.165, 1.54) is 5.56 Å². The maximum atomic E-state index is 11.9. The Morgan fingerprint density at radius 1 is 1.30 bits per heavy atom. The first-order chi connectivity index (χ1) is 10.9. The molecule has 1 rings (SSSR count). The van der Waals surface area contributed by atoms with Gasteiger partial charge in [-0.2, -0.15) is 0 Å². The minimum Gasteiger partial charge on any atom is -0.476 e. The monoisotopic (exact) mass is 323 g/mol. The molecule has 130 valence electrons. The van der Waals surface area contributed by atoms with Crippen molar-refractivity contribution in [3.8, 4) is 5.75 Å². The molecule has 0 radical (unpaired) electrons. The van der Waals surface area contributed by atoms with E-state index in [4.69, 9.17) is 14.2 Å². The van der Waals surface area contributed by atoms with Crippen LogP contribution in [0.5, 0.6) is 5.75 Å². The zero-order valence-electron chi connectivity index (χ0n) is 14.9. The number of ether oxygens (including phenoxy) is 3. The number of benzene rings is 1. The molecule has 0 amide bonds. The summed E-state index contributed by atoms with van der Waals surface area (Å²) in [4.78, 5) is 11.9. The molecule has 0 saturated carbocycles. The van der Waals surface area contributed by atoms with Gasteiger partial charge < -0.3 is 19.5 Å². The van der Waals surface area contributed by atoms with E-state index < -0.39 is 5.60 Å². The first-order valence-corrected chi connectivity index (χ1v) is 8.06. The van der Waals surface area contributed by atoms with Gasteiger partial charge in [0.05, 0.1) is 6.61 Å². The largest absolute Gasteiger partial charge is 0.476 e. The molecule has 23 heavy (non-hydrogen) atoms. The number of rotatable bonds is 10. The van der Waals surface area contributed by atoms with Gasteiger partial charge >= 0.3 is 5.97 Å². The molecule has 0 aliphatic carbocycles. The summed E-state index contributed by atoms with van der Waals surface area (Å²) in [6.07, 6.45) is 0.990. The second-order valence-corrected chi connectivity index (χ2v) is 5.96. The average molecular weight is 323 g/mol. The van der Waals surface area contributed by atoms with Crippen molar-refractivity contribution in [2.24, 2.45) is 0 Å². The van der Waals surface area contributed by atoms with Crippen LogP contribution in [-0.4, -0.2) is 38.4 Å². The number of aryl methyl sites for hydroxylation is 1. The van der Waals surface area contributed by atoms with Gasteiger partial charge in [-0.1, -0.05) is 12.1 Å². The third-order valence-corrected chi connectivity index (χ3v) is 3.40. The lowest BCUT2D eigenvalue weighted by Crippen LogP contribution is -2.39. The van der Waals surface area contributed by atoms with Crippen LogP contribution in [0.1, 0.15) is 38.3 Å². The molecule has 0 unspecified atom stereocenters. The van der Waals surface area contributed by atoms with Crippen LogP contribution in [0.2, 0.25) is 0 Å². The van der Waals surface area contributed by atoms with Crippen molar-refractivity contribution < 1.29 is 19.0 Å². The van der Waals surface area contributed by atoms with Crippen LogP contribution in [0.15, 0.2) is 18.2 Å². The Kier molecular flexibility index (Phi) is 8.06. The third kappa shape index (κ3) is 6.59. The maximum absolute atomic E-state index is 11.9. The summed E-state index contributed by atoms with van der Waals surface area (Å²) in [5.74, 6) is 0.342. The highest BCUT2D eigenvalue weighted by Crippen LogP contribution is 2.24. The van der Waals surface area contributed by atoms with Crippen LogP contribution in [-0.2, 0) is 20.8 Å². The summed E-state index contributed by atoms with van der Waals surface area (Å²) >= 11 is 0. The van der Waals surface area contributed by atoms with Crippen LogP contribution in [0, 0.1) is 6.92 Å². The van der Waals surface area contributed by atoms with Gasteiger partial charge in [0.1, 0.15) is 5.75 Å². The predicted molar refractivity (Wildman–Crippen MR) is 90.7 cm³/mol. The molecule has 5 nitrogen and oxygen atoms in total. The number of esters is 1. The summed E-state index contributed by atoms with van der Waals surface area (Å²) in [6.45, 7) is 10.0. The zero-order valence-corrected chi connectivity index (χ0v) is 14.9. The van der Waals surface area contributed by atoms with Crippen molar-refractivity contribution in [3.05, 3.63) is 29.3 Å². The molecule has 0 aromatic heterocycles. The van der Waals surface area contributed by atoms with E-state index in [1.807, 2.05) is 19.1 Å². The quantitative estimate of drug-likeness (QED) is 0.530. The Labute approximate surface area is 139 Å². The predicted octanol–water partition coefficient (Wildman–Crippen LogP) is 2.84. The van der Waals surface area contributed by atoms with Gasteiger partial charge in [0.2, 0.25) is 0 Å². The summed E-state index contributed by atoms with van der Waals surface area (Å²) in [6, 6.07) is 5.98. The van der Waals surface area contributed by atoms with E-state index in [0.717, 1.165) is 31.7 Å². The Balaban J connectivity index is 2.60. The number of hydrogen-bond acceptors (Lipinski definition) is 5. The highest BCUT2D eigenvalue weighted by molar-refractivity contribution is 5.79. The third-order valence-electron chi connectivity index (χ3n) is 3.40. The van der Waals surface area contributed by atoms with Gasteiger partial charge in [-0.05, 0) is 57.9 Å². The van der Waals surface area contributed by atoms with Gasteiger partial charge in [0, 0.05) is 20.3 Å². The molecule has 0 bridgehead atoms. The number of nitrogens with one attached hydrogen (secondary N) is 1. The van der Waals surface area contributed by atoms with Crippen molar-refractivity contribution in [1.82, 2.24) is 5.32 Å². The van der Waals surface area contributed by atoms with E-state index in [2.05, 4.69) is 11.4 Å². The number of methoxy groups -OCH3 is 1. The van der Waals surface area contributed by atoms with Crippen molar-refractivity contribution in [3.63, 3.8) is 0 Å². The maximum Gasteiger partial charge on any atom is 0.349 e. The molecule has 0 fully saturated rings. The van der Waals surface area contributed by atoms with E-state index in [1.54, 1.807) is 27.9 Å². The second-order valence-electron chi connectivity index (χ2n) is 5.96. The molecule has 5 heteroatoms. The van der Waals surface area contributed by atoms with Gasteiger partial charge in [-0.15, -0.1) is 0 Å².